The van der Waals surface area contributed by atoms with E-state index in [1.807, 2.05) is 36.5 Å². The lowest BCUT2D eigenvalue weighted by molar-refractivity contribution is 0.0905. The monoisotopic (exact) mass is 357 g/mol. The average Bonchev–Trinajstić information content (AvgIpc) is 3.16. The number of pyridine rings is 1. The molecule has 2 aromatic rings. The lowest BCUT2D eigenvalue weighted by atomic mass is 10.2. The molecule has 1 aromatic carbocycles. The van der Waals surface area contributed by atoms with Crippen LogP contribution in [0.2, 0.25) is 0 Å². The Balaban J connectivity index is 1.68. The molecule has 6 heteroatoms. The number of hydrogen-bond acceptors (Lipinski definition) is 4. The average molecular weight is 357 g/mol. The van der Waals surface area contributed by atoms with E-state index in [0.29, 0.717) is 11.7 Å². The van der Waals surface area contributed by atoms with Crippen molar-refractivity contribution >= 4 is 23.0 Å². The largest absolute Gasteiger partial charge is 0.497 e. The van der Waals surface area contributed by atoms with Crippen molar-refractivity contribution in [1.82, 2.24) is 9.88 Å². The maximum Gasteiger partial charge on any atom is 0.173 e. The van der Waals surface area contributed by atoms with Crippen LogP contribution in [0.5, 0.6) is 5.75 Å². The summed E-state index contributed by atoms with van der Waals surface area (Å²) in [5.74, 6) is 0.822. The van der Waals surface area contributed by atoms with Crippen LogP contribution in [0, 0.1) is 0 Å². The smallest absolute Gasteiger partial charge is 0.173 e. The summed E-state index contributed by atoms with van der Waals surface area (Å²) in [4.78, 5) is 6.34. The molecular formula is C19H23N3O2S. The lowest BCUT2D eigenvalue weighted by Gasteiger charge is -2.28. The van der Waals surface area contributed by atoms with Gasteiger partial charge in [-0.15, -0.1) is 0 Å². The number of methoxy groups -OCH3 is 1. The summed E-state index contributed by atoms with van der Waals surface area (Å²) >= 11 is 5.66. The molecule has 0 spiro atoms. The van der Waals surface area contributed by atoms with Crippen molar-refractivity contribution in [2.45, 2.75) is 25.5 Å². The highest BCUT2D eigenvalue weighted by atomic mass is 32.1. The molecule has 1 unspecified atom stereocenters. The van der Waals surface area contributed by atoms with E-state index in [0.717, 1.165) is 43.0 Å². The van der Waals surface area contributed by atoms with E-state index in [4.69, 9.17) is 21.7 Å². The molecule has 1 fully saturated rings. The molecule has 1 aromatic heterocycles. The molecule has 25 heavy (non-hydrogen) atoms. The minimum atomic E-state index is 0.229. The van der Waals surface area contributed by atoms with Crippen molar-refractivity contribution < 1.29 is 9.47 Å². The molecule has 0 aliphatic carbocycles. The van der Waals surface area contributed by atoms with E-state index in [2.05, 4.69) is 21.3 Å². The van der Waals surface area contributed by atoms with Crippen LogP contribution in [0.15, 0.2) is 48.8 Å². The van der Waals surface area contributed by atoms with Crippen molar-refractivity contribution in [3.05, 3.63) is 54.4 Å². The fourth-order valence-corrected chi connectivity index (χ4v) is 3.10. The predicted octanol–water partition coefficient (Wildman–Crippen LogP) is 3.47. The standard InChI is InChI=1S/C19H23N3O2S/c1-23-17-8-6-16(7-9-17)21-19(25)22(14-18-5-3-11-24-18)13-15-4-2-10-20-12-15/h2,4,6-10,12,18H,3,5,11,13-14H2,1H3,(H,21,25). The summed E-state index contributed by atoms with van der Waals surface area (Å²) in [6, 6.07) is 11.7. The summed E-state index contributed by atoms with van der Waals surface area (Å²) < 4.78 is 11.0. The quantitative estimate of drug-likeness (QED) is 0.799. The van der Waals surface area contributed by atoms with Gasteiger partial charge in [-0.05, 0) is 61.0 Å². The molecule has 0 saturated carbocycles. The molecule has 5 nitrogen and oxygen atoms in total. The second kappa shape index (κ2) is 8.78. The maximum absolute atomic E-state index is 5.79. The van der Waals surface area contributed by atoms with Crippen LogP contribution in [-0.4, -0.2) is 41.4 Å². The normalized spacial score (nSPS) is 16.4. The third-order valence-corrected chi connectivity index (χ3v) is 4.53. The Morgan fingerprint density at radius 3 is 2.84 bits per heavy atom. The summed E-state index contributed by atoms with van der Waals surface area (Å²) in [6.45, 7) is 2.32. The highest BCUT2D eigenvalue weighted by molar-refractivity contribution is 7.80. The third kappa shape index (κ3) is 5.14. The number of thiocarbonyl (C=S) groups is 1. The van der Waals surface area contributed by atoms with E-state index < -0.39 is 0 Å². The molecule has 2 heterocycles. The fraction of sp³-hybridized carbons (Fsp3) is 0.368. The Hall–Kier alpha value is -2.18. The van der Waals surface area contributed by atoms with Crippen molar-refractivity contribution in [2.24, 2.45) is 0 Å². The molecule has 1 atom stereocenters. The Labute approximate surface area is 154 Å². The predicted molar refractivity (Wildman–Crippen MR) is 103 cm³/mol. The Kier molecular flexibility index (Phi) is 6.19. The Bertz CT molecular complexity index is 673. The van der Waals surface area contributed by atoms with Gasteiger partial charge in [0, 0.05) is 37.8 Å². The number of ether oxygens (including phenoxy) is 2. The van der Waals surface area contributed by atoms with Crippen LogP contribution in [0.25, 0.3) is 0 Å². The number of hydrogen-bond donors (Lipinski definition) is 1. The first-order valence-electron chi connectivity index (χ1n) is 8.45. The van der Waals surface area contributed by atoms with E-state index in [-0.39, 0.29) is 6.10 Å². The van der Waals surface area contributed by atoms with E-state index >= 15 is 0 Å². The van der Waals surface area contributed by atoms with Crippen LogP contribution >= 0.6 is 12.2 Å². The van der Waals surface area contributed by atoms with Crippen LogP contribution in [-0.2, 0) is 11.3 Å². The number of nitrogens with zero attached hydrogens (tertiary/aromatic N) is 2. The zero-order chi connectivity index (χ0) is 17.5. The molecule has 0 radical (unpaired) electrons. The molecule has 1 saturated heterocycles. The molecule has 1 N–H and O–H groups in total. The van der Waals surface area contributed by atoms with Gasteiger partial charge < -0.3 is 19.7 Å². The number of anilines is 1. The molecule has 1 aliphatic heterocycles. The summed E-state index contributed by atoms with van der Waals surface area (Å²) in [5, 5.41) is 4.00. The van der Waals surface area contributed by atoms with Crippen molar-refractivity contribution in [3.63, 3.8) is 0 Å². The van der Waals surface area contributed by atoms with Crippen molar-refractivity contribution in [2.75, 3.05) is 25.6 Å². The van der Waals surface area contributed by atoms with Gasteiger partial charge >= 0.3 is 0 Å². The first-order valence-corrected chi connectivity index (χ1v) is 8.86. The molecule has 0 bridgehead atoms. The van der Waals surface area contributed by atoms with E-state index in [1.54, 1.807) is 13.3 Å². The van der Waals surface area contributed by atoms with Gasteiger partial charge in [0.15, 0.2) is 5.11 Å². The SMILES string of the molecule is COc1ccc(NC(=S)N(Cc2cccnc2)CC2CCCO2)cc1. The van der Waals surface area contributed by atoms with E-state index in [9.17, 15) is 0 Å². The zero-order valence-corrected chi connectivity index (χ0v) is 15.2. The van der Waals surface area contributed by atoms with Gasteiger partial charge in [0.1, 0.15) is 5.75 Å². The topological polar surface area (TPSA) is 46.6 Å². The van der Waals surface area contributed by atoms with Crippen molar-refractivity contribution in [1.29, 1.82) is 0 Å². The number of rotatable bonds is 6. The van der Waals surface area contributed by atoms with Gasteiger partial charge in [-0.25, -0.2) is 0 Å². The molecule has 3 rings (SSSR count). The van der Waals surface area contributed by atoms with Gasteiger partial charge in [0.05, 0.1) is 13.2 Å². The van der Waals surface area contributed by atoms with Gasteiger partial charge in [0.2, 0.25) is 0 Å². The Morgan fingerprint density at radius 2 is 2.20 bits per heavy atom. The fourth-order valence-electron chi connectivity index (χ4n) is 2.84. The second-order valence-electron chi connectivity index (χ2n) is 6.04. The molecular weight excluding hydrogens is 334 g/mol. The lowest BCUT2D eigenvalue weighted by Crippen LogP contribution is -2.39. The number of nitrogens with one attached hydrogen (secondary N) is 1. The van der Waals surface area contributed by atoms with Gasteiger partial charge in [0.25, 0.3) is 0 Å². The zero-order valence-electron chi connectivity index (χ0n) is 14.4. The molecule has 1 aliphatic rings. The van der Waals surface area contributed by atoms with Crippen LogP contribution in [0.1, 0.15) is 18.4 Å². The summed E-state index contributed by atoms with van der Waals surface area (Å²) in [7, 11) is 1.66. The minimum Gasteiger partial charge on any atom is -0.497 e. The van der Waals surface area contributed by atoms with Crippen LogP contribution < -0.4 is 10.1 Å². The van der Waals surface area contributed by atoms with E-state index in [1.165, 1.54) is 0 Å². The van der Waals surface area contributed by atoms with Gasteiger partial charge in [-0.2, -0.15) is 0 Å². The number of aromatic nitrogens is 1. The first-order chi connectivity index (χ1) is 12.2. The highest BCUT2D eigenvalue weighted by Crippen LogP contribution is 2.18. The van der Waals surface area contributed by atoms with Crippen LogP contribution in [0.3, 0.4) is 0 Å². The molecule has 132 valence electrons. The van der Waals surface area contributed by atoms with Gasteiger partial charge in [-0.1, -0.05) is 6.07 Å². The van der Waals surface area contributed by atoms with Gasteiger partial charge in [-0.3, -0.25) is 4.98 Å². The molecule has 0 amide bonds. The maximum atomic E-state index is 5.79. The summed E-state index contributed by atoms with van der Waals surface area (Å²) in [5.41, 5.74) is 2.06. The van der Waals surface area contributed by atoms with Crippen molar-refractivity contribution in [3.8, 4) is 5.75 Å². The third-order valence-electron chi connectivity index (χ3n) is 4.17. The summed E-state index contributed by atoms with van der Waals surface area (Å²) in [6.07, 6.45) is 6.08. The van der Waals surface area contributed by atoms with Crippen LogP contribution in [0.4, 0.5) is 5.69 Å². The first kappa shape index (κ1) is 17.6. The minimum absolute atomic E-state index is 0.229. The Morgan fingerprint density at radius 1 is 1.36 bits per heavy atom. The second-order valence-corrected chi connectivity index (χ2v) is 6.42. The highest BCUT2D eigenvalue weighted by Gasteiger charge is 2.21. The number of benzene rings is 1.